The van der Waals surface area contributed by atoms with Gasteiger partial charge in [0.25, 0.3) is 0 Å². The van der Waals surface area contributed by atoms with Crippen molar-refractivity contribution in [2.24, 2.45) is 0 Å². The first-order valence-corrected chi connectivity index (χ1v) is 15.6. The zero-order valence-electron chi connectivity index (χ0n) is 27.1. The van der Waals surface area contributed by atoms with Gasteiger partial charge < -0.3 is 19.7 Å². The van der Waals surface area contributed by atoms with E-state index in [1.165, 1.54) is 22.5 Å². The summed E-state index contributed by atoms with van der Waals surface area (Å²) >= 11 is 7.59. The van der Waals surface area contributed by atoms with Gasteiger partial charge in [-0.1, -0.05) is 73.5 Å². The van der Waals surface area contributed by atoms with Crippen molar-refractivity contribution in [1.82, 2.24) is 9.97 Å². The van der Waals surface area contributed by atoms with E-state index in [1.54, 1.807) is 39.0 Å². The maximum Gasteiger partial charge on any atom is 0.347 e. The Morgan fingerprint density at radius 1 is 1.09 bits per heavy atom. The number of anilines is 1. The zero-order chi connectivity index (χ0) is 32.2. The van der Waals surface area contributed by atoms with Crippen LogP contribution in [0.3, 0.4) is 0 Å². The van der Waals surface area contributed by atoms with Crippen LogP contribution >= 0.6 is 22.9 Å². The number of aliphatic hydroxyl groups is 1. The van der Waals surface area contributed by atoms with Gasteiger partial charge in [0.2, 0.25) is 5.71 Å². The number of aryl methyl sites for hydroxylation is 2. The molecule has 0 atom stereocenters. The molecule has 0 unspecified atom stereocenters. The normalized spacial score (nSPS) is 12.9. The molecule has 1 radical (unpaired) electrons. The molecule has 1 saturated heterocycles. The number of halogens is 1. The Kier molecular flexibility index (Phi) is 17.5. The van der Waals surface area contributed by atoms with Crippen molar-refractivity contribution in [2.45, 2.75) is 61.0 Å². The first-order valence-electron chi connectivity index (χ1n) is 14.4. The molecular formula is C34H44ClN4O3SY-. The second-order valence-electron chi connectivity index (χ2n) is 10.6. The monoisotopic (exact) mass is 712 g/mol. The number of nitrogens with zero attached hydrogens (tertiary/aromatic N) is 4. The zero-order valence-corrected chi connectivity index (χ0v) is 31.6. The maximum atomic E-state index is 12.6. The van der Waals surface area contributed by atoms with Crippen LogP contribution in [-0.4, -0.2) is 46.9 Å². The standard InChI is InChI=1S/C20H18ClN4O2S.C8H10.C4H10O.C2H6.Y/c1-3-14(21)17-15(4-2)28-19(24-17)13-11-12-5-6-16(23-18(12)27-20(13)26)25-9-7-22-8-10-25;1-7-4-3-5-8(2)6-7;1-4(2,3)5;1-2;/h3-6,11H,2,7-10H2,1H3;3-6H,1-2H3;5H,1-3H3;1-2H3;/q-1;;;;/b14-3+;;;;. The summed E-state index contributed by atoms with van der Waals surface area (Å²) in [6.07, 6.45) is 3.44. The van der Waals surface area contributed by atoms with E-state index in [4.69, 9.17) is 21.1 Å². The van der Waals surface area contributed by atoms with Crippen LogP contribution in [0.1, 0.15) is 63.2 Å². The van der Waals surface area contributed by atoms with E-state index >= 15 is 0 Å². The van der Waals surface area contributed by atoms with Crippen LogP contribution in [0.4, 0.5) is 5.82 Å². The molecule has 1 fully saturated rings. The van der Waals surface area contributed by atoms with Gasteiger partial charge in [-0.25, -0.2) is 9.78 Å². The minimum absolute atomic E-state index is 0. The van der Waals surface area contributed by atoms with Crippen LogP contribution in [0.15, 0.2) is 64.3 Å². The molecule has 1 aromatic carbocycles. The predicted molar refractivity (Wildman–Crippen MR) is 186 cm³/mol. The van der Waals surface area contributed by atoms with E-state index < -0.39 is 11.2 Å². The molecule has 4 heterocycles. The summed E-state index contributed by atoms with van der Waals surface area (Å²) in [6.45, 7) is 22.3. The third kappa shape index (κ3) is 12.7. The summed E-state index contributed by atoms with van der Waals surface area (Å²) < 4.78 is 5.52. The number of hydrogen-bond acceptors (Lipinski definition) is 7. The molecule has 44 heavy (non-hydrogen) atoms. The molecule has 5 rings (SSSR count). The molecule has 0 bridgehead atoms. The van der Waals surface area contributed by atoms with E-state index in [1.807, 2.05) is 32.9 Å². The fourth-order valence-corrected chi connectivity index (χ4v) is 4.98. The number of allylic oxidation sites excluding steroid dienone is 1. The fraction of sp³-hybridized carbons (Fsp3) is 0.382. The Morgan fingerprint density at radius 2 is 1.68 bits per heavy atom. The SMILES string of the molecule is C=Cc1sc(-c2cc3ccc(N4CC[N-]CC4)nc3oc2=O)nc1/C(Cl)=C\C.CC.CC(C)(C)O.Cc1cccc(C)c1.[Y]. The molecule has 3 aromatic heterocycles. The first kappa shape index (κ1) is 39.8. The Labute approximate surface area is 296 Å². The summed E-state index contributed by atoms with van der Waals surface area (Å²) in [5.74, 6) is 0.795. The summed E-state index contributed by atoms with van der Waals surface area (Å²) in [5.41, 5.74) is 3.02. The molecule has 0 amide bonds. The number of hydrogen-bond donors (Lipinski definition) is 1. The predicted octanol–water partition coefficient (Wildman–Crippen LogP) is 8.85. The minimum Gasteiger partial charge on any atom is -0.659 e. The van der Waals surface area contributed by atoms with Gasteiger partial charge in [-0.05, 0) is 65.8 Å². The molecule has 1 aliphatic rings. The minimum atomic E-state index is -0.500. The van der Waals surface area contributed by atoms with Crippen LogP contribution in [0, 0.1) is 13.8 Å². The number of rotatable bonds is 4. The van der Waals surface area contributed by atoms with Gasteiger partial charge in [0.1, 0.15) is 16.5 Å². The number of thiazole rings is 1. The molecule has 1 aliphatic heterocycles. The maximum absolute atomic E-state index is 12.6. The number of pyridine rings is 1. The number of fused-ring (bicyclic) bond motifs is 1. The Bertz CT molecular complexity index is 1550. The van der Waals surface area contributed by atoms with Crippen molar-refractivity contribution in [3.63, 3.8) is 0 Å². The van der Waals surface area contributed by atoms with Crippen molar-refractivity contribution < 1.29 is 42.2 Å². The third-order valence-electron chi connectivity index (χ3n) is 5.69. The van der Waals surface area contributed by atoms with E-state index in [2.05, 4.69) is 64.9 Å². The van der Waals surface area contributed by atoms with E-state index in [0.29, 0.717) is 27.0 Å². The van der Waals surface area contributed by atoms with Crippen molar-refractivity contribution in [3.8, 4) is 10.6 Å². The average molecular weight is 713 g/mol. The molecule has 0 spiro atoms. The fourth-order valence-electron chi connectivity index (χ4n) is 3.85. The summed E-state index contributed by atoms with van der Waals surface area (Å²) in [5, 5.41) is 14.7. The number of piperazine rings is 1. The van der Waals surface area contributed by atoms with Crippen molar-refractivity contribution in [1.29, 1.82) is 0 Å². The smallest absolute Gasteiger partial charge is 0.347 e. The molecule has 4 aromatic rings. The summed E-state index contributed by atoms with van der Waals surface area (Å²) in [4.78, 5) is 24.6. The van der Waals surface area contributed by atoms with Gasteiger partial charge in [0.15, 0.2) is 0 Å². The first-order chi connectivity index (χ1) is 20.4. The van der Waals surface area contributed by atoms with Crippen LogP contribution in [0.5, 0.6) is 0 Å². The van der Waals surface area contributed by atoms with E-state index in [-0.39, 0.29) is 32.7 Å². The third-order valence-corrected chi connectivity index (χ3v) is 7.17. The molecular weight excluding hydrogens is 669 g/mol. The van der Waals surface area contributed by atoms with E-state index in [0.717, 1.165) is 42.3 Å². The van der Waals surface area contributed by atoms with Crippen LogP contribution < -0.4 is 10.5 Å². The van der Waals surface area contributed by atoms with Gasteiger partial charge in [0, 0.05) is 51.2 Å². The topological polar surface area (TPSA) is 93.6 Å². The molecule has 0 saturated carbocycles. The molecule has 7 nitrogen and oxygen atoms in total. The van der Waals surface area contributed by atoms with Crippen molar-refractivity contribution in [3.05, 3.63) is 92.6 Å². The second-order valence-corrected chi connectivity index (χ2v) is 12.0. The van der Waals surface area contributed by atoms with Crippen molar-refractivity contribution in [2.75, 3.05) is 31.1 Å². The Morgan fingerprint density at radius 3 is 2.18 bits per heavy atom. The summed E-state index contributed by atoms with van der Waals surface area (Å²) in [7, 11) is 0. The van der Waals surface area contributed by atoms with Gasteiger partial charge >= 0.3 is 5.63 Å². The number of benzene rings is 1. The quantitative estimate of drug-likeness (QED) is 0.227. The largest absolute Gasteiger partial charge is 0.659 e. The summed E-state index contributed by atoms with van der Waals surface area (Å²) in [6, 6.07) is 14.1. The molecule has 10 heteroatoms. The van der Waals surface area contributed by atoms with Crippen LogP contribution in [0.2, 0.25) is 0 Å². The second kappa shape index (κ2) is 19.3. The molecule has 1 N–H and O–H groups in total. The van der Waals surface area contributed by atoms with Gasteiger partial charge in [-0.15, -0.1) is 24.4 Å². The van der Waals surface area contributed by atoms with Crippen molar-refractivity contribution >= 4 is 51.0 Å². The van der Waals surface area contributed by atoms with Gasteiger partial charge in [0.05, 0.1) is 21.1 Å². The Hall–Kier alpha value is -2.20. The average Bonchev–Trinajstić information content (AvgIpc) is 3.41. The molecule has 0 aliphatic carbocycles. The van der Waals surface area contributed by atoms with E-state index in [9.17, 15) is 4.79 Å². The van der Waals surface area contributed by atoms with Gasteiger partial charge in [-0.3, -0.25) is 0 Å². The van der Waals surface area contributed by atoms with Gasteiger partial charge in [-0.2, -0.15) is 4.98 Å². The molecule has 235 valence electrons. The Balaban J connectivity index is 0.000000503. The number of aromatic nitrogens is 2. The van der Waals surface area contributed by atoms with Crippen LogP contribution in [0.25, 0.3) is 38.1 Å². The van der Waals surface area contributed by atoms with Crippen LogP contribution in [-0.2, 0) is 32.7 Å².